The van der Waals surface area contributed by atoms with E-state index in [0.717, 1.165) is 11.3 Å². The number of benzene rings is 2. The number of nitrogens with zero attached hydrogens (tertiary/aromatic N) is 4. The van der Waals surface area contributed by atoms with E-state index in [0.29, 0.717) is 46.4 Å². The predicted molar refractivity (Wildman–Crippen MR) is 137 cm³/mol. The zero-order chi connectivity index (χ0) is 24.9. The van der Waals surface area contributed by atoms with Crippen molar-refractivity contribution in [2.45, 2.75) is 32.1 Å². The minimum absolute atomic E-state index is 0.0908. The van der Waals surface area contributed by atoms with Crippen molar-refractivity contribution in [3.63, 3.8) is 0 Å². The van der Waals surface area contributed by atoms with E-state index in [1.54, 1.807) is 47.7 Å². The Hall–Kier alpha value is -3.79. The SMILES string of the molecule is CCn1nc(C)c2nc(SCC(=O)Nc3ccc(OC)cc3)n(Cc3ccc(OC)cc3)c(=O)c21. The van der Waals surface area contributed by atoms with Crippen LogP contribution >= 0.6 is 11.8 Å². The first kappa shape index (κ1) is 24.3. The third-order valence-electron chi connectivity index (χ3n) is 5.49. The smallest absolute Gasteiger partial charge is 0.280 e. The van der Waals surface area contributed by atoms with Crippen molar-refractivity contribution in [2.75, 3.05) is 25.3 Å². The Labute approximate surface area is 207 Å². The lowest BCUT2D eigenvalue weighted by atomic mass is 10.2. The van der Waals surface area contributed by atoms with Crippen molar-refractivity contribution < 1.29 is 14.3 Å². The molecule has 4 rings (SSSR count). The molecular weight excluding hydrogens is 466 g/mol. The number of rotatable bonds is 9. The van der Waals surface area contributed by atoms with Gasteiger partial charge in [-0.2, -0.15) is 5.10 Å². The van der Waals surface area contributed by atoms with Crippen LogP contribution in [0.15, 0.2) is 58.5 Å². The van der Waals surface area contributed by atoms with Gasteiger partial charge in [-0.1, -0.05) is 23.9 Å². The molecule has 0 bridgehead atoms. The highest BCUT2D eigenvalue weighted by molar-refractivity contribution is 7.99. The zero-order valence-electron chi connectivity index (χ0n) is 20.1. The zero-order valence-corrected chi connectivity index (χ0v) is 20.9. The molecule has 1 amide bonds. The van der Waals surface area contributed by atoms with E-state index < -0.39 is 0 Å². The summed E-state index contributed by atoms with van der Waals surface area (Å²) >= 11 is 1.22. The third-order valence-corrected chi connectivity index (χ3v) is 6.46. The summed E-state index contributed by atoms with van der Waals surface area (Å²) < 4.78 is 13.7. The molecule has 0 fully saturated rings. The highest BCUT2D eigenvalue weighted by Crippen LogP contribution is 2.22. The van der Waals surface area contributed by atoms with E-state index in [-0.39, 0.29) is 17.2 Å². The summed E-state index contributed by atoms with van der Waals surface area (Å²) in [6, 6.07) is 14.6. The quantitative estimate of drug-likeness (QED) is 0.280. The second-order valence-electron chi connectivity index (χ2n) is 7.80. The Morgan fingerprint density at radius 1 is 1.03 bits per heavy atom. The summed E-state index contributed by atoms with van der Waals surface area (Å²) in [6.45, 7) is 4.63. The maximum absolute atomic E-state index is 13.6. The lowest BCUT2D eigenvalue weighted by Gasteiger charge is -2.13. The normalized spacial score (nSPS) is 11.0. The maximum atomic E-state index is 13.6. The van der Waals surface area contributed by atoms with Crippen molar-refractivity contribution in [2.24, 2.45) is 0 Å². The summed E-state index contributed by atoms with van der Waals surface area (Å²) in [5.41, 5.74) is 3.09. The topological polar surface area (TPSA) is 100 Å². The average molecular weight is 494 g/mol. The first-order valence-electron chi connectivity index (χ1n) is 11.1. The first-order chi connectivity index (χ1) is 16.9. The number of carbonyl (C=O) groups is 1. The van der Waals surface area contributed by atoms with Crippen LogP contribution in [-0.2, 0) is 17.9 Å². The maximum Gasteiger partial charge on any atom is 0.280 e. The summed E-state index contributed by atoms with van der Waals surface area (Å²) in [4.78, 5) is 31.0. The molecule has 2 aromatic heterocycles. The molecule has 35 heavy (non-hydrogen) atoms. The van der Waals surface area contributed by atoms with E-state index in [1.165, 1.54) is 11.8 Å². The lowest BCUT2D eigenvalue weighted by molar-refractivity contribution is -0.113. The van der Waals surface area contributed by atoms with Crippen LogP contribution in [0.5, 0.6) is 11.5 Å². The molecule has 0 saturated carbocycles. The van der Waals surface area contributed by atoms with Gasteiger partial charge in [-0.3, -0.25) is 18.8 Å². The van der Waals surface area contributed by atoms with Crippen molar-refractivity contribution >= 4 is 34.4 Å². The van der Waals surface area contributed by atoms with E-state index in [9.17, 15) is 9.59 Å². The minimum Gasteiger partial charge on any atom is -0.497 e. The van der Waals surface area contributed by atoms with Crippen LogP contribution in [-0.4, -0.2) is 45.2 Å². The largest absolute Gasteiger partial charge is 0.497 e. The van der Waals surface area contributed by atoms with Gasteiger partial charge in [0, 0.05) is 12.2 Å². The number of ether oxygens (including phenoxy) is 2. The molecule has 9 nitrogen and oxygen atoms in total. The number of aromatic nitrogens is 4. The van der Waals surface area contributed by atoms with Gasteiger partial charge >= 0.3 is 0 Å². The van der Waals surface area contributed by atoms with Gasteiger partial charge in [0.25, 0.3) is 5.56 Å². The van der Waals surface area contributed by atoms with Crippen LogP contribution in [0.2, 0.25) is 0 Å². The van der Waals surface area contributed by atoms with Gasteiger partial charge in [0.2, 0.25) is 5.91 Å². The van der Waals surface area contributed by atoms with Gasteiger partial charge in [-0.05, 0) is 55.8 Å². The Morgan fingerprint density at radius 3 is 2.26 bits per heavy atom. The second-order valence-corrected chi connectivity index (χ2v) is 8.74. The van der Waals surface area contributed by atoms with E-state index in [1.807, 2.05) is 38.1 Å². The molecule has 0 saturated heterocycles. The number of hydrogen-bond donors (Lipinski definition) is 1. The predicted octanol–water partition coefficient (Wildman–Crippen LogP) is 3.72. The number of methoxy groups -OCH3 is 2. The van der Waals surface area contributed by atoms with Gasteiger partial charge in [-0.25, -0.2) is 4.98 Å². The van der Waals surface area contributed by atoms with Gasteiger partial charge in [0.1, 0.15) is 17.0 Å². The highest BCUT2D eigenvalue weighted by Gasteiger charge is 2.19. The number of nitrogens with one attached hydrogen (secondary N) is 1. The highest BCUT2D eigenvalue weighted by atomic mass is 32.2. The van der Waals surface area contributed by atoms with E-state index in [4.69, 9.17) is 14.5 Å². The molecule has 4 aromatic rings. The third kappa shape index (κ3) is 5.32. The second kappa shape index (κ2) is 10.6. The van der Waals surface area contributed by atoms with Crippen molar-refractivity contribution in [3.8, 4) is 11.5 Å². The van der Waals surface area contributed by atoms with Crippen LogP contribution in [0.3, 0.4) is 0 Å². The molecule has 0 unspecified atom stereocenters. The Kier molecular flexibility index (Phi) is 7.40. The van der Waals surface area contributed by atoms with Gasteiger partial charge in [0.05, 0.1) is 32.2 Å². The number of aryl methyl sites for hydroxylation is 2. The summed E-state index contributed by atoms with van der Waals surface area (Å²) in [7, 11) is 3.20. The molecule has 182 valence electrons. The number of fused-ring (bicyclic) bond motifs is 1. The van der Waals surface area contributed by atoms with Crippen molar-refractivity contribution in [1.82, 2.24) is 19.3 Å². The van der Waals surface area contributed by atoms with Crippen LogP contribution in [0, 0.1) is 6.92 Å². The standard InChI is InChI=1S/C25H27N5O4S/c1-5-30-23-22(16(2)28-30)27-25(29(24(23)32)14-17-6-10-19(33-3)11-7-17)35-15-21(31)26-18-8-12-20(34-4)13-9-18/h6-13H,5,14-15H2,1-4H3,(H,26,31). The minimum atomic E-state index is -0.202. The molecule has 2 heterocycles. The van der Waals surface area contributed by atoms with Gasteiger partial charge in [0.15, 0.2) is 10.7 Å². The van der Waals surface area contributed by atoms with Crippen molar-refractivity contribution in [3.05, 3.63) is 70.1 Å². The average Bonchev–Trinajstić information content (AvgIpc) is 3.21. The van der Waals surface area contributed by atoms with Crippen LogP contribution in [0.25, 0.3) is 11.0 Å². The van der Waals surface area contributed by atoms with Gasteiger partial charge in [-0.15, -0.1) is 0 Å². The first-order valence-corrected chi connectivity index (χ1v) is 12.1. The lowest BCUT2D eigenvalue weighted by Crippen LogP contribution is -2.26. The van der Waals surface area contributed by atoms with E-state index in [2.05, 4.69) is 10.4 Å². The number of carbonyl (C=O) groups excluding carboxylic acids is 1. The molecule has 0 aliphatic carbocycles. The Morgan fingerprint density at radius 2 is 1.66 bits per heavy atom. The van der Waals surface area contributed by atoms with Crippen LogP contribution in [0.1, 0.15) is 18.2 Å². The summed E-state index contributed by atoms with van der Waals surface area (Å²) in [5, 5.41) is 7.79. The summed E-state index contributed by atoms with van der Waals surface area (Å²) in [6.07, 6.45) is 0. The number of amides is 1. The van der Waals surface area contributed by atoms with Crippen molar-refractivity contribution in [1.29, 1.82) is 0 Å². The van der Waals surface area contributed by atoms with E-state index >= 15 is 0 Å². The molecule has 0 spiro atoms. The molecule has 0 radical (unpaired) electrons. The fourth-order valence-electron chi connectivity index (χ4n) is 3.68. The number of thioether (sulfide) groups is 1. The molecule has 1 N–H and O–H groups in total. The molecule has 0 atom stereocenters. The number of anilines is 1. The molecule has 10 heteroatoms. The molecule has 0 aliphatic rings. The summed E-state index contributed by atoms with van der Waals surface area (Å²) in [5.74, 6) is 1.33. The fraction of sp³-hybridized carbons (Fsp3) is 0.280. The monoisotopic (exact) mass is 493 g/mol. The molecular formula is C25H27N5O4S. The number of hydrogen-bond acceptors (Lipinski definition) is 7. The Balaban J connectivity index is 1.63. The Bertz CT molecular complexity index is 1390. The fourth-order valence-corrected chi connectivity index (χ4v) is 4.47. The van der Waals surface area contributed by atoms with Gasteiger partial charge < -0.3 is 14.8 Å². The molecule has 2 aromatic carbocycles. The van der Waals surface area contributed by atoms with Crippen LogP contribution in [0.4, 0.5) is 5.69 Å². The van der Waals surface area contributed by atoms with Crippen LogP contribution < -0.4 is 20.3 Å². The molecule has 0 aliphatic heterocycles.